The summed E-state index contributed by atoms with van der Waals surface area (Å²) >= 11 is 0. The fourth-order valence-corrected chi connectivity index (χ4v) is 2.13. The summed E-state index contributed by atoms with van der Waals surface area (Å²) in [6.07, 6.45) is 1.36. The summed E-state index contributed by atoms with van der Waals surface area (Å²) in [4.78, 5) is 11.2. The van der Waals surface area contributed by atoms with Crippen LogP contribution in [0, 0.1) is 0 Å². The van der Waals surface area contributed by atoms with Gasteiger partial charge in [-0.1, -0.05) is 24.3 Å². The van der Waals surface area contributed by atoms with Crippen molar-refractivity contribution in [2.45, 2.75) is 33.2 Å². The van der Waals surface area contributed by atoms with Crippen LogP contribution in [-0.2, 0) is 13.0 Å². The molecule has 6 nitrogen and oxygen atoms in total. The zero-order chi connectivity index (χ0) is 15.2. The highest BCUT2D eigenvalue weighted by molar-refractivity contribution is 5.86. The molecule has 0 unspecified atom stereocenters. The Labute approximate surface area is 123 Å². The van der Waals surface area contributed by atoms with E-state index in [9.17, 15) is 9.90 Å². The predicted molar refractivity (Wildman–Crippen MR) is 77.7 cm³/mol. The molecule has 0 atom stereocenters. The van der Waals surface area contributed by atoms with Gasteiger partial charge >= 0.3 is 5.97 Å². The molecular formula is C15H19N3O3. The fraction of sp³-hybridized carbons (Fsp3) is 0.400. The van der Waals surface area contributed by atoms with Crippen molar-refractivity contribution in [2.75, 3.05) is 6.61 Å². The molecule has 0 spiro atoms. The van der Waals surface area contributed by atoms with Crippen molar-refractivity contribution < 1.29 is 14.6 Å². The van der Waals surface area contributed by atoms with Crippen LogP contribution in [0.5, 0.6) is 5.75 Å². The number of carboxylic acid groups (broad SMARTS) is 1. The molecule has 0 saturated heterocycles. The van der Waals surface area contributed by atoms with Crippen molar-refractivity contribution >= 4 is 5.97 Å². The summed E-state index contributed by atoms with van der Waals surface area (Å²) < 4.78 is 7.06. The van der Waals surface area contributed by atoms with Gasteiger partial charge in [0.15, 0.2) is 5.69 Å². The van der Waals surface area contributed by atoms with Crippen LogP contribution >= 0.6 is 0 Å². The zero-order valence-electron chi connectivity index (χ0n) is 12.2. The first kappa shape index (κ1) is 15.0. The van der Waals surface area contributed by atoms with E-state index in [1.165, 1.54) is 0 Å². The minimum atomic E-state index is -1.04. The van der Waals surface area contributed by atoms with E-state index >= 15 is 0 Å². The van der Waals surface area contributed by atoms with Gasteiger partial charge in [-0.15, -0.1) is 5.10 Å². The summed E-state index contributed by atoms with van der Waals surface area (Å²) in [5.74, 6) is -0.238. The van der Waals surface area contributed by atoms with Gasteiger partial charge in [0.25, 0.3) is 0 Å². The fourth-order valence-electron chi connectivity index (χ4n) is 2.13. The van der Waals surface area contributed by atoms with Crippen molar-refractivity contribution in [1.82, 2.24) is 15.0 Å². The number of hydrogen-bond donors (Lipinski definition) is 1. The van der Waals surface area contributed by atoms with Crippen molar-refractivity contribution in [3.8, 4) is 5.75 Å². The van der Waals surface area contributed by atoms with Crippen molar-refractivity contribution in [1.29, 1.82) is 0 Å². The average molecular weight is 289 g/mol. The monoisotopic (exact) mass is 289 g/mol. The largest absolute Gasteiger partial charge is 0.494 e. The summed E-state index contributed by atoms with van der Waals surface area (Å²) in [6.45, 7) is 5.23. The highest BCUT2D eigenvalue weighted by atomic mass is 16.5. The highest BCUT2D eigenvalue weighted by Gasteiger charge is 2.18. The van der Waals surface area contributed by atoms with Crippen LogP contribution in [-0.4, -0.2) is 32.7 Å². The molecule has 1 aromatic heterocycles. The van der Waals surface area contributed by atoms with Gasteiger partial charge < -0.3 is 9.84 Å². The molecule has 112 valence electrons. The van der Waals surface area contributed by atoms with E-state index in [1.807, 2.05) is 38.1 Å². The number of aryl methyl sites for hydroxylation is 1. The van der Waals surface area contributed by atoms with Crippen LogP contribution in [0.4, 0.5) is 0 Å². The molecule has 6 heteroatoms. The van der Waals surface area contributed by atoms with Crippen LogP contribution in [0.1, 0.15) is 42.0 Å². The summed E-state index contributed by atoms with van der Waals surface area (Å²) in [5, 5.41) is 16.9. The van der Waals surface area contributed by atoms with Gasteiger partial charge in [0.1, 0.15) is 5.75 Å². The molecule has 1 aromatic carbocycles. The first-order chi connectivity index (χ1) is 10.2. The zero-order valence-corrected chi connectivity index (χ0v) is 12.2. The van der Waals surface area contributed by atoms with Crippen molar-refractivity contribution in [3.63, 3.8) is 0 Å². The number of nitrogens with zero attached hydrogens (tertiary/aromatic N) is 3. The van der Waals surface area contributed by atoms with E-state index in [0.717, 1.165) is 17.7 Å². The Bertz CT molecular complexity index is 605. The molecule has 0 bridgehead atoms. The topological polar surface area (TPSA) is 77.2 Å². The summed E-state index contributed by atoms with van der Waals surface area (Å²) in [5.41, 5.74) is 1.66. The number of carbonyl (C=O) groups is 1. The van der Waals surface area contributed by atoms with Gasteiger partial charge in [0.2, 0.25) is 0 Å². The lowest BCUT2D eigenvalue weighted by molar-refractivity contribution is 0.0689. The molecule has 2 rings (SSSR count). The number of rotatable bonds is 7. The van der Waals surface area contributed by atoms with Gasteiger partial charge in [0.05, 0.1) is 12.3 Å². The smallest absolute Gasteiger partial charge is 0.358 e. The predicted octanol–water partition coefficient (Wildman–Crippen LogP) is 2.38. The van der Waals surface area contributed by atoms with E-state index in [2.05, 4.69) is 10.3 Å². The third-order valence-corrected chi connectivity index (χ3v) is 3.08. The van der Waals surface area contributed by atoms with Crippen molar-refractivity contribution in [3.05, 3.63) is 41.2 Å². The molecule has 0 aliphatic carbocycles. The molecule has 0 saturated carbocycles. The van der Waals surface area contributed by atoms with E-state index in [4.69, 9.17) is 4.74 Å². The van der Waals surface area contributed by atoms with Crippen LogP contribution in [0.25, 0.3) is 0 Å². The molecule has 0 fully saturated rings. The van der Waals surface area contributed by atoms with Crippen molar-refractivity contribution in [2.24, 2.45) is 0 Å². The second kappa shape index (κ2) is 6.88. The number of aromatic carboxylic acids is 1. The van der Waals surface area contributed by atoms with Gasteiger partial charge in [0, 0.05) is 13.0 Å². The number of hydrogen-bond acceptors (Lipinski definition) is 4. The molecule has 21 heavy (non-hydrogen) atoms. The number of benzene rings is 1. The molecule has 0 aliphatic rings. The molecular weight excluding hydrogens is 270 g/mol. The molecule has 0 radical (unpaired) electrons. The Morgan fingerprint density at radius 3 is 2.57 bits per heavy atom. The Balaban J connectivity index is 2.24. The lowest BCUT2D eigenvalue weighted by Gasteiger charge is -2.07. The average Bonchev–Trinajstić information content (AvgIpc) is 2.85. The first-order valence-electron chi connectivity index (χ1n) is 7.03. The van der Waals surface area contributed by atoms with Gasteiger partial charge in [-0.25, -0.2) is 9.48 Å². The SMILES string of the molecule is CCCn1nnc(C(=O)O)c1Cc1ccc(OCC)cc1. The summed E-state index contributed by atoms with van der Waals surface area (Å²) in [6, 6.07) is 7.63. The normalized spacial score (nSPS) is 10.6. The third kappa shape index (κ3) is 3.59. The van der Waals surface area contributed by atoms with Crippen LogP contribution in [0.15, 0.2) is 24.3 Å². The van der Waals surface area contributed by atoms with E-state index in [-0.39, 0.29) is 5.69 Å². The highest BCUT2D eigenvalue weighted by Crippen LogP contribution is 2.17. The van der Waals surface area contributed by atoms with E-state index < -0.39 is 5.97 Å². The standard InChI is InChI=1S/C15H19N3O3/c1-3-9-18-13(14(15(19)20)16-17-18)10-11-5-7-12(8-6-11)21-4-2/h5-8H,3-4,9-10H2,1-2H3,(H,19,20). The Morgan fingerprint density at radius 2 is 2.00 bits per heavy atom. The van der Waals surface area contributed by atoms with Gasteiger partial charge in [-0.2, -0.15) is 0 Å². The lowest BCUT2D eigenvalue weighted by atomic mass is 10.1. The Hall–Kier alpha value is -2.37. The number of ether oxygens (including phenoxy) is 1. The number of aromatic nitrogens is 3. The van der Waals surface area contributed by atoms with Gasteiger partial charge in [-0.3, -0.25) is 0 Å². The Kier molecular flexibility index (Phi) is 4.92. The lowest BCUT2D eigenvalue weighted by Crippen LogP contribution is -2.09. The third-order valence-electron chi connectivity index (χ3n) is 3.08. The van der Waals surface area contributed by atoms with Gasteiger partial charge in [-0.05, 0) is 31.0 Å². The first-order valence-corrected chi connectivity index (χ1v) is 7.03. The maximum Gasteiger partial charge on any atom is 0.358 e. The van der Waals surface area contributed by atoms with E-state index in [0.29, 0.717) is 25.3 Å². The molecule has 2 aromatic rings. The molecule has 1 N–H and O–H groups in total. The summed E-state index contributed by atoms with van der Waals surface area (Å²) in [7, 11) is 0. The quantitative estimate of drug-likeness (QED) is 0.846. The minimum Gasteiger partial charge on any atom is -0.494 e. The second-order valence-electron chi connectivity index (χ2n) is 4.67. The van der Waals surface area contributed by atoms with E-state index in [1.54, 1.807) is 4.68 Å². The molecule has 0 aliphatic heterocycles. The molecule has 0 amide bonds. The maximum absolute atomic E-state index is 11.2. The Morgan fingerprint density at radius 1 is 1.29 bits per heavy atom. The molecule has 1 heterocycles. The van der Waals surface area contributed by atoms with Crippen LogP contribution < -0.4 is 4.74 Å². The van der Waals surface area contributed by atoms with Crippen LogP contribution in [0.3, 0.4) is 0 Å². The minimum absolute atomic E-state index is 0.0253. The maximum atomic E-state index is 11.2. The number of carboxylic acids is 1. The van der Waals surface area contributed by atoms with Crippen LogP contribution in [0.2, 0.25) is 0 Å². The second-order valence-corrected chi connectivity index (χ2v) is 4.67.